The maximum Gasteiger partial charge on any atom is 0.214 e. The zero-order chi connectivity index (χ0) is 12.8. The Morgan fingerprint density at radius 3 is 2.38 bits per heavy atom. The van der Waals surface area contributed by atoms with Crippen molar-refractivity contribution in [1.29, 1.82) is 5.41 Å². The van der Waals surface area contributed by atoms with Crippen LogP contribution >= 0.6 is 0 Å². The van der Waals surface area contributed by atoms with Crippen LogP contribution < -0.4 is 5.73 Å². The smallest absolute Gasteiger partial charge is 0.214 e. The van der Waals surface area contributed by atoms with E-state index in [0.717, 1.165) is 6.42 Å². The monoisotopic (exact) mass is 249 g/mol. The summed E-state index contributed by atoms with van der Waals surface area (Å²) in [6.07, 6.45) is 1.53. The van der Waals surface area contributed by atoms with Crippen LogP contribution in [0.2, 0.25) is 0 Å². The van der Waals surface area contributed by atoms with Crippen LogP contribution in [-0.2, 0) is 10.0 Å². The molecule has 0 aromatic carbocycles. The number of hydrogen-bond acceptors (Lipinski definition) is 3. The van der Waals surface area contributed by atoms with E-state index < -0.39 is 10.0 Å². The minimum absolute atomic E-state index is 0.0316. The fraction of sp³-hybridized carbons (Fsp3) is 0.900. The van der Waals surface area contributed by atoms with Gasteiger partial charge in [-0.1, -0.05) is 27.2 Å². The average molecular weight is 249 g/mol. The molecule has 6 heteroatoms. The Hall–Kier alpha value is -0.620. The molecular weight excluding hydrogens is 226 g/mol. The van der Waals surface area contributed by atoms with Crippen molar-refractivity contribution in [2.45, 2.75) is 33.6 Å². The number of sulfonamides is 1. The minimum Gasteiger partial charge on any atom is -0.387 e. The van der Waals surface area contributed by atoms with Gasteiger partial charge >= 0.3 is 0 Å². The first-order valence-corrected chi connectivity index (χ1v) is 7.27. The highest BCUT2D eigenvalue weighted by atomic mass is 32.2. The standard InChI is InChI=1S/C10H23N3O2S/c1-4-6-7-16(14,15)13(5-2)8-9(3)10(11)12/h9H,4-8H2,1-3H3,(H3,11,12). The highest BCUT2D eigenvalue weighted by Gasteiger charge is 2.22. The Kier molecular flexibility index (Phi) is 6.59. The normalized spacial score (nSPS) is 14.0. The summed E-state index contributed by atoms with van der Waals surface area (Å²) >= 11 is 0. The molecule has 0 aromatic heterocycles. The fourth-order valence-corrected chi connectivity index (χ4v) is 3.05. The molecule has 5 nitrogen and oxygen atoms in total. The second kappa shape index (κ2) is 6.85. The summed E-state index contributed by atoms with van der Waals surface area (Å²) < 4.78 is 25.2. The summed E-state index contributed by atoms with van der Waals surface area (Å²) in [6.45, 7) is 6.27. The van der Waals surface area contributed by atoms with Crippen LogP contribution in [0.5, 0.6) is 0 Å². The minimum atomic E-state index is -3.18. The van der Waals surface area contributed by atoms with E-state index in [-0.39, 0.29) is 17.5 Å². The first kappa shape index (κ1) is 15.4. The lowest BCUT2D eigenvalue weighted by molar-refractivity contribution is 0.402. The molecule has 0 heterocycles. The number of nitrogens with one attached hydrogen (secondary N) is 1. The van der Waals surface area contributed by atoms with Crippen LogP contribution in [0.1, 0.15) is 33.6 Å². The number of nitrogens with zero attached hydrogens (tertiary/aromatic N) is 1. The first-order chi connectivity index (χ1) is 7.35. The van der Waals surface area contributed by atoms with Gasteiger partial charge in [0, 0.05) is 19.0 Å². The molecule has 0 fully saturated rings. The van der Waals surface area contributed by atoms with Crippen molar-refractivity contribution in [2.24, 2.45) is 11.7 Å². The quantitative estimate of drug-likeness (QED) is 0.497. The molecule has 0 aromatic rings. The summed E-state index contributed by atoms with van der Waals surface area (Å²) in [5.41, 5.74) is 5.34. The van der Waals surface area contributed by atoms with E-state index in [1.807, 2.05) is 6.92 Å². The number of nitrogens with two attached hydrogens (primary N) is 1. The van der Waals surface area contributed by atoms with E-state index in [2.05, 4.69) is 0 Å². The van der Waals surface area contributed by atoms with E-state index in [1.165, 1.54) is 4.31 Å². The second-order valence-electron chi connectivity index (χ2n) is 3.98. The van der Waals surface area contributed by atoms with Gasteiger partial charge in [-0.15, -0.1) is 0 Å². The van der Waals surface area contributed by atoms with E-state index >= 15 is 0 Å². The summed E-state index contributed by atoms with van der Waals surface area (Å²) in [5.74, 6) is -0.0115. The molecule has 0 aliphatic heterocycles. The number of hydrogen-bond donors (Lipinski definition) is 2. The Bertz CT molecular complexity index is 314. The first-order valence-electron chi connectivity index (χ1n) is 5.66. The molecule has 0 saturated carbocycles. The van der Waals surface area contributed by atoms with E-state index in [9.17, 15) is 8.42 Å². The van der Waals surface area contributed by atoms with Gasteiger partial charge in [0.05, 0.1) is 11.6 Å². The van der Waals surface area contributed by atoms with Crippen LogP contribution in [0.4, 0.5) is 0 Å². The third-order valence-corrected chi connectivity index (χ3v) is 4.51. The number of amidine groups is 1. The van der Waals surface area contributed by atoms with E-state index in [1.54, 1.807) is 13.8 Å². The molecule has 1 unspecified atom stereocenters. The number of unbranched alkanes of at least 4 members (excludes halogenated alkanes) is 1. The topological polar surface area (TPSA) is 87.2 Å². The summed E-state index contributed by atoms with van der Waals surface area (Å²) in [5, 5.41) is 7.27. The van der Waals surface area contributed by atoms with Gasteiger partial charge in [0.25, 0.3) is 0 Å². The lowest BCUT2D eigenvalue weighted by Crippen LogP contribution is -2.39. The Labute approximate surface area is 98.6 Å². The van der Waals surface area contributed by atoms with Gasteiger partial charge in [-0.3, -0.25) is 5.41 Å². The molecule has 16 heavy (non-hydrogen) atoms. The van der Waals surface area contributed by atoms with Crippen molar-refractivity contribution in [1.82, 2.24) is 4.31 Å². The highest BCUT2D eigenvalue weighted by Crippen LogP contribution is 2.08. The van der Waals surface area contributed by atoms with Gasteiger partial charge in [0.2, 0.25) is 10.0 Å². The zero-order valence-electron chi connectivity index (χ0n) is 10.4. The van der Waals surface area contributed by atoms with Crippen molar-refractivity contribution < 1.29 is 8.42 Å². The largest absolute Gasteiger partial charge is 0.387 e. The van der Waals surface area contributed by atoms with E-state index in [4.69, 9.17) is 11.1 Å². The van der Waals surface area contributed by atoms with Gasteiger partial charge < -0.3 is 5.73 Å². The van der Waals surface area contributed by atoms with Crippen LogP contribution in [0.3, 0.4) is 0 Å². The predicted octanol–water partition coefficient (Wildman–Crippen LogP) is 1.01. The van der Waals surface area contributed by atoms with Crippen molar-refractivity contribution in [2.75, 3.05) is 18.8 Å². The summed E-state index contributed by atoms with van der Waals surface area (Å²) in [7, 11) is -3.18. The average Bonchev–Trinajstić information content (AvgIpc) is 2.22. The number of rotatable bonds is 8. The van der Waals surface area contributed by atoms with Crippen molar-refractivity contribution in [3.63, 3.8) is 0 Å². The maximum absolute atomic E-state index is 11.9. The highest BCUT2D eigenvalue weighted by molar-refractivity contribution is 7.89. The van der Waals surface area contributed by atoms with Crippen molar-refractivity contribution in [3.05, 3.63) is 0 Å². The van der Waals surface area contributed by atoms with Gasteiger partial charge in [-0.25, -0.2) is 12.7 Å². The Morgan fingerprint density at radius 2 is 2.00 bits per heavy atom. The van der Waals surface area contributed by atoms with Crippen LogP contribution in [-0.4, -0.2) is 37.4 Å². The van der Waals surface area contributed by atoms with Gasteiger partial charge in [-0.2, -0.15) is 0 Å². The molecule has 0 aliphatic rings. The van der Waals surface area contributed by atoms with Crippen molar-refractivity contribution >= 4 is 15.9 Å². The molecule has 0 radical (unpaired) electrons. The Balaban J connectivity index is 4.54. The second-order valence-corrected chi connectivity index (χ2v) is 6.07. The summed E-state index contributed by atoms with van der Waals surface area (Å²) in [6, 6.07) is 0. The SMILES string of the molecule is CCCCS(=O)(=O)N(CC)CC(C)C(=N)N. The maximum atomic E-state index is 11.9. The van der Waals surface area contributed by atoms with Crippen LogP contribution in [0.15, 0.2) is 0 Å². The van der Waals surface area contributed by atoms with Crippen LogP contribution in [0.25, 0.3) is 0 Å². The van der Waals surface area contributed by atoms with Gasteiger partial charge in [-0.05, 0) is 6.42 Å². The molecule has 0 spiro atoms. The fourth-order valence-electron chi connectivity index (χ4n) is 1.30. The molecule has 96 valence electrons. The molecule has 0 saturated heterocycles. The molecule has 0 amide bonds. The zero-order valence-corrected chi connectivity index (χ0v) is 11.2. The van der Waals surface area contributed by atoms with Crippen LogP contribution in [0, 0.1) is 11.3 Å². The molecule has 1 atom stereocenters. The molecule has 3 N–H and O–H groups in total. The predicted molar refractivity (Wildman–Crippen MR) is 67.0 cm³/mol. The molecule has 0 bridgehead atoms. The van der Waals surface area contributed by atoms with Gasteiger partial charge in [0.15, 0.2) is 0 Å². The molecule has 0 rings (SSSR count). The lowest BCUT2D eigenvalue weighted by Gasteiger charge is -2.23. The third-order valence-electron chi connectivity index (χ3n) is 2.51. The van der Waals surface area contributed by atoms with Crippen molar-refractivity contribution in [3.8, 4) is 0 Å². The lowest BCUT2D eigenvalue weighted by atomic mass is 10.1. The van der Waals surface area contributed by atoms with Gasteiger partial charge in [0.1, 0.15) is 0 Å². The third kappa shape index (κ3) is 4.94. The Morgan fingerprint density at radius 1 is 1.44 bits per heavy atom. The molecule has 0 aliphatic carbocycles. The summed E-state index contributed by atoms with van der Waals surface area (Å²) in [4.78, 5) is 0. The molecular formula is C10H23N3O2S. The van der Waals surface area contributed by atoms with E-state index in [0.29, 0.717) is 19.5 Å².